The molecule has 29 heavy (non-hydrogen) atoms. The Morgan fingerprint density at radius 3 is 2.45 bits per heavy atom. The maximum absolute atomic E-state index is 13.4. The van der Waals surface area contributed by atoms with Crippen molar-refractivity contribution in [3.05, 3.63) is 71.9 Å². The summed E-state index contributed by atoms with van der Waals surface area (Å²) in [5.74, 6) is -1.95. The van der Waals surface area contributed by atoms with Gasteiger partial charge in [0.1, 0.15) is 11.4 Å². The number of halogens is 4. The molecule has 0 saturated carbocycles. The van der Waals surface area contributed by atoms with Gasteiger partial charge in [-0.2, -0.15) is 13.2 Å². The zero-order valence-electron chi connectivity index (χ0n) is 14.8. The monoisotopic (exact) mass is 407 g/mol. The third-order valence-electron chi connectivity index (χ3n) is 3.69. The van der Waals surface area contributed by atoms with Crippen molar-refractivity contribution in [2.24, 2.45) is 0 Å². The normalized spacial score (nSPS) is 11.1. The summed E-state index contributed by atoms with van der Waals surface area (Å²) in [7, 11) is 1.26. The Bertz CT molecular complexity index is 1030. The van der Waals surface area contributed by atoms with Gasteiger partial charge in [0.2, 0.25) is 5.88 Å². The van der Waals surface area contributed by atoms with Gasteiger partial charge in [0.25, 0.3) is 5.91 Å². The van der Waals surface area contributed by atoms with Crippen molar-refractivity contribution in [1.82, 2.24) is 9.97 Å². The van der Waals surface area contributed by atoms with Gasteiger partial charge in [0.15, 0.2) is 11.5 Å². The fourth-order valence-corrected chi connectivity index (χ4v) is 2.31. The number of carbonyl (C=O) groups is 1. The smallest absolute Gasteiger partial charge is 0.417 e. The molecule has 1 amide bonds. The second kappa shape index (κ2) is 8.13. The van der Waals surface area contributed by atoms with Crippen molar-refractivity contribution in [2.45, 2.75) is 6.18 Å². The molecule has 0 aliphatic rings. The van der Waals surface area contributed by atoms with Gasteiger partial charge in [0.05, 0.1) is 12.7 Å². The van der Waals surface area contributed by atoms with Gasteiger partial charge in [-0.3, -0.25) is 9.78 Å². The molecule has 150 valence electrons. The van der Waals surface area contributed by atoms with Crippen LogP contribution in [0.2, 0.25) is 0 Å². The Morgan fingerprint density at radius 2 is 1.79 bits per heavy atom. The summed E-state index contributed by atoms with van der Waals surface area (Å²) < 4.78 is 63.1. The molecule has 3 aromatic rings. The van der Waals surface area contributed by atoms with Gasteiger partial charge < -0.3 is 14.8 Å². The van der Waals surface area contributed by atoms with Gasteiger partial charge in [-0.1, -0.05) is 0 Å². The van der Waals surface area contributed by atoms with Gasteiger partial charge in [-0.25, -0.2) is 9.37 Å². The zero-order chi connectivity index (χ0) is 21.0. The lowest BCUT2D eigenvalue weighted by molar-refractivity contribution is -0.137. The molecule has 0 saturated heterocycles. The lowest BCUT2D eigenvalue weighted by Crippen LogP contribution is -2.16. The van der Waals surface area contributed by atoms with Crippen LogP contribution in [0.3, 0.4) is 0 Å². The molecule has 0 radical (unpaired) electrons. The highest BCUT2D eigenvalue weighted by Gasteiger charge is 2.33. The molecule has 2 aromatic heterocycles. The molecule has 1 N–H and O–H groups in total. The molecule has 1 aromatic carbocycles. The van der Waals surface area contributed by atoms with Crippen LogP contribution >= 0.6 is 0 Å². The van der Waals surface area contributed by atoms with Crippen LogP contribution in [-0.2, 0) is 6.18 Å². The number of ether oxygens (including phenoxy) is 2. The number of alkyl halides is 3. The molecule has 2 heterocycles. The highest BCUT2D eigenvalue weighted by molar-refractivity contribution is 6.06. The quantitative estimate of drug-likeness (QED) is 0.622. The Labute approximate surface area is 162 Å². The number of benzene rings is 1. The highest BCUT2D eigenvalue weighted by atomic mass is 19.4. The van der Waals surface area contributed by atoms with Crippen LogP contribution in [0.5, 0.6) is 17.4 Å². The molecule has 0 bridgehead atoms. The van der Waals surface area contributed by atoms with Crippen LogP contribution in [0.25, 0.3) is 0 Å². The standard InChI is InChI=1S/C19H13F4N3O3/c1-28-16-9-12(20)2-3-15(16)29-18-14(8-11(10-25-18)19(21,22)23)17(27)26-13-4-6-24-7-5-13/h2-10H,1H3,(H,24,26,27). The number of hydrogen-bond acceptors (Lipinski definition) is 5. The Hall–Kier alpha value is -3.69. The second-order valence-electron chi connectivity index (χ2n) is 5.66. The summed E-state index contributed by atoms with van der Waals surface area (Å²) >= 11 is 0. The first-order valence-corrected chi connectivity index (χ1v) is 8.08. The number of nitrogens with zero attached hydrogens (tertiary/aromatic N) is 2. The van der Waals surface area contributed by atoms with E-state index in [-0.39, 0.29) is 11.5 Å². The first kappa shape index (κ1) is 20.1. The summed E-state index contributed by atoms with van der Waals surface area (Å²) in [5, 5.41) is 2.44. The van der Waals surface area contributed by atoms with Crippen molar-refractivity contribution >= 4 is 11.6 Å². The average molecular weight is 407 g/mol. The summed E-state index contributed by atoms with van der Waals surface area (Å²) in [6.45, 7) is 0. The van der Waals surface area contributed by atoms with Crippen LogP contribution in [0.15, 0.2) is 55.0 Å². The lowest BCUT2D eigenvalue weighted by atomic mass is 10.1. The molecular formula is C19H13F4N3O3. The van der Waals surface area contributed by atoms with Crippen LogP contribution in [-0.4, -0.2) is 23.0 Å². The molecule has 0 aliphatic heterocycles. The molecule has 0 aliphatic carbocycles. The number of nitrogens with one attached hydrogen (secondary N) is 1. The molecule has 10 heteroatoms. The summed E-state index contributed by atoms with van der Waals surface area (Å²) in [4.78, 5) is 20.0. The number of aromatic nitrogens is 2. The number of hydrogen-bond donors (Lipinski definition) is 1. The summed E-state index contributed by atoms with van der Waals surface area (Å²) in [6, 6.07) is 6.84. The summed E-state index contributed by atoms with van der Waals surface area (Å²) in [6.07, 6.45) is -1.37. The van der Waals surface area contributed by atoms with Crippen molar-refractivity contribution in [3.8, 4) is 17.4 Å². The van der Waals surface area contributed by atoms with Crippen LogP contribution in [0.1, 0.15) is 15.9 Å². The maximum atomic E-state index is 13.4. The second-order valence-corrected chi connectivity index (χ2v) is 5.66. The molecular weight excluding hydrogens is 394 g/mol. The van der Waals surface area contributed by atoms with Crippen LogP contribution in [0.4, 0.5) is 23.2 Å². The van der Waals surface area contributed by atoms with Crippen molar-refractivity contribution < 1.29 is 31.8 Å². The number of rotatable bonds is 5. The first-order chi connectivity index (χ1) is 13.8. The van der Waals surface area contributed by atoms with E-state index >= 15 is 0 Å². The van der Waals surface area contributed by atoms with Crippen LogP contribution < -0.4 is 14.8 Å². The van der Waals surface area contributed by atoms with Gasteiger partial charge >= 0.3 is 6.18 Å². The largest absolute Gasteiger partial charge is 0.493 e. The first-order valence-electron chi connectivity index (χ1n) is 8.08. The Balaban J connectivity index is 2.01. The van der Waals surface area contributed by atoms with E-state index in [9.17, 15) is 22.4 Å². The van der Waals surface area contributed by atoms with E-state index in [0.29, 0.717) is 18.0 Å². The third kappa shape index (κ3) is 4.78. The van der Waals surface area contributed by atoms with E-state index in [2.05, 4.69) is 15.3 Å². The Kier molecular flexibility index (Phi) is 5.62. The molecule has 0 spiro atoms. The summed E-state index contributed by atoms with van der Waals surface area (Å²) in [5.41, 5.74) is -1.29. The number of anilines is 1. The topological polar surface area (TPSA) is 73.3 Å². The van der Waals surface area contributed by atoms with Crippen molar-refractivity contribution in [1.29, 1.82) is 0 Å². The third-order valence-corrected chi connectivity index (χ3v) is 3.69. The maximum Gasteiger partial charge on any atom is 0.417 e. The van der Waals surface area contributed by atoms with Gasteiger partial charge in [-0.15, -0.1) is 0 Å². The van der Waals surface area contributed by atoms with Gasteiger partial charge in [0, 0.05) is 30.3 Å². The van der Waals surface area contributed by atoms with E-state index in [1.165, 1.54) is 37.7 Å². The minimum Gasteiger partial charge on any atom is -0.493 e. The zero-order valence-corrected chi connectivity index (χ0v) is 14.8. The van der Waals surface area contributed by atoms with Crippen molar-refractivity contribution in [2.75, 3.05) is 12.4 Å². The highest BCUT2D eigenvalue weighted by Crippen LogP contribution is 2.35. The van der Waals surface area contributed by atoms with Gasteiger partial charge in [-0.05, 0) is 30.3 Å². The molecule has 0 fully saturated rings. The fraction of sp³-hybridized carbons (Fsp3) is 0.105. The van der Waals surface area contributed by atoms with E-state index in [1.807, 2.05) is 0 Å². The van der Waals surface area contributed by atoms with E-state index in [1.54, 1.807) is 0 Å². The lowest BCUT2D eigenvalue weighted by Gasteiger charge is -2.15. The Morgan fingerprint density at radius 1 is 1.07 bits per heavy atom. The number of amides is 1. The predicted octanol–water partition coefficient (Wildman–Crippen LogP) is 4.69. The molecule has 0 atom stereocenters. The van der Waals surface area contributed by atoms with E-state index in [0.717, 1.165) is 12.1 Å². The van der Waals surface area contributed by atoms with Crippen LogP contribution in [0, 0.1) is 5.82 Å². The van der Waals surface area contributed by atoms with E-state index < -0.39 is 34.9 Å². The molecule has 6 nitrogen and oxygen atoms in total. The number of pyridine rings is 2. The van der Waals surface area contributed by atoms with Crippen molar-refractivity contribution in [3.63, 3.8) is 0 Å². The van der Waals surface area contributed by atoms with E-state index in [4.69, 9.17) is 9.47 Å². The molecule has 0 unspecified atom stereocenters. The predicted molar refractivity (Wildman–Crippen MR) is 94.5 cm³/mol. The average Bonchev–Trinajstić information content (AvgIpc) is 2.69. The SMILES string of the molecule is COc1cc(F)ccc1Oc1ncc(C(F)(F)F)cc1C(=O)Nc1ccncc1. The number of methoxy groups -OCH3 is 1. The molecule has 3 rings (SSSR count). The minimum absolute atomic E-state index is 0.0211. The number of carbonyl (C=O) groups excluding carboxylic acids is 1. The minimum atomic E-state index is -4.72. The fourth-order valence-electron chi connectivity index (χ4n) is 2.31.